The van der Waals surface area contributed by atoms with Crippen molar-refractivity contribution in [3.05, 3.63) is 76.9 Å². The zero-order valence-electron chi connectivity index (χ0n) is 14.8. The minimum absolute atomic E-state index is 0.0850. The Hall–Kier alpha value is -2.55. The summed E-state index contributed by atoms with van der Waals surface area (Å²) in [6.07, 6.45) is -3.29. The maximum atomic E-state index is 13.0. The molecule has 1 heterocycles. The topological polar surface area (TPSA) is 68.0 Å². The van der Waals surface area contributed by atoms with Crippen molar-refractivity contribution in [2.45, 2.75) is 17.5 Å². The normalized spacial score (nSPS) is 11.3. The smallest absolute Gasteiger partial charge is 0.326 e. The Morgan fingerprint density at radius 2 is 1.90 bits per heavy atom. The van der Waals surface area contributed by atoms with Gasteiger partial charge in [0.05, 0.1) is 17.7 Å². The number of hydrogen-bond donors (Lipinski definition) is 2. The van der Waals surface area contributed by atoms with Gasteiger partial charge in [0.1, 0.15) is 0 Å². The van der Waals surface area contributed by atoms with Crippen LogP contribution in [-0.2, 0) is 17.4 Å². The van der Waals surface area contributed by atoms with Crippen molar-refractivity contribution in [3.63, 3.8) is 0 Å². The molecule has 29 heavy (non-hydrogen) atoms. The molecule has 0 atom stereocenters. The van der Waals surface area contributed by atoms with Crippen molar-refractivity contribution >= 4 is 35.1 Å². The molecule has 150 valence electrons. The van der Waals surface area contributed by atoms with Crippen LogP contribution in [0.15, 0.2) is 65.7 Å². The first-order valence-corrected chi connectivity index (χ1v) is 9.61. The number of aromatic nitrogens is 1. The molecule has 0 aliphatic carbocycles. The molecular formula is C20H15ClF3N3OS. The van der Waals surface area contributed by atoms with Gasteiger partial charge in [-0.2, -0.15) is 13.2 Å². The summed E-state index contributed by atoms with van der Waals surface area (Å²) in [6, 6.07) is 13.6. The third-order valence-corrected chi connectivity index (χ3v) is 5.02. The summed E-state index contributed by atoms with van der Waals surface area (Å²) < 4.78 is 38.9. The van der Waals surface area contributed by atoms with Crippen LogP contribution in [0.4, 0.5) is 18.9 Å². The van der Waals surface area contributed by atoms with Gasteiger partial charge in [-0.15, -0.1) is 0 Å². The number of amides is 1. The molecule has 0 aliphatic rings. The Bertz CT molecular complexity index is 1040. The molecule has 2 aromatic carbocycles. The maximum Gasteiger partial charge on any atom is 0.416 e. The van der Waals surface area contributed by atoms with Crippen molar-refractivity contribution < 1.29 is 18.0 Å². The largest absolute Gasteiger partial charge is 0.416 e. The molecular weight excluding hydrogens is 423 g/mol. The average Bonchev–Trinajstić information content (AvgIpc) is 2.69. The summed E-state index contributed by atoms with van der Waals surface area (Å²) in [4.78, 5) is 16.8. The molecule has 9 heteroatoms. The van der Waals surface area contributed by atoms with Gasteiger partial charge < -0.3 is 5.32 Å². The fraction of sp³-hybridized carbons (Fsp3) is 0.100. The summed E-state index contributed by atoms with van der Waals surface area (Å²) in [5.41, 5.74) is 0.928. The molecule has 0 fully saturated rings. The second-order valence-electron chi connectivity index (χ2n) is 6.07. The first-order valence-electron chi connectivity index (χ1n) is 8.35. The van der Waals surface area contributed by atoms with Crippen LogP contribution in [0.2, 0.25) is 5.02 Å². The number of carbonyl (C=O) groups excluding carboxylic acids is 1. The second-order valence-corrected chi connectivity index (χ2v) is 7.16. The van der Waals surface area contributed by atoms with E-state index in [-0.39, 0.29) is 18.0 Å². The van der Waals surface area contributed by atoms with E-state index in [1.165, 1.54) is 0 Å². The molecule has 4 nitrogen and oxygen atoms in total. The third-order valence-electron chi connectivity index (χ3n) is 4.06. The number of nitrogens with zero attached hydrogens (tertiary/aromatic N) is 1. The molecule has 0 saturated carbocycles. The highest BCUT2D eigenvalue weighted by Crippen LogP contribution is 2.34. The van der Waals surface area contributed by atoms with Crippen LogP contribution >= 0.6 is 23.5 Å². The summed E-state index contributed by atoms with van der Waals surface area (Å²) >= 11 is 6.92. The average molecular weight is 438 g/mol. The summed E-state index contributed by atoms with van der Waals surface area (Å²) in [5, 5.41) is 8.92. The van der Waals surface area contributed by atoms with E-state index >= 15 is 0 Å². The molecule has 0 unspecified atom stereocenters. The Morgan fingerprint density at radius 3 is 2.59 bits per heavy atom. The van der Waals surface area contributed by atoms with Crippen LogP contribution in [0, 0.1) is 0 Å². The molecule has 3 rings (SSSR count). The lowest BCUT2D eigenvalue weighted by molar-refractivity contribution is -0.137. The van der Waals surface area contributed by atoms with Gasteiger partial charge in [0, 0.05) is 27.4 Å². The lowest BCUT2D eigenvalue weighted by Gasteiger charge is -2.12. The Balaban J connectivity index is 1.82. The summed E-state index contributed by atoms with van der Waals surface area (Å²) in [7, 11) is 0. The van der Waals surface area contributed by atoms with E-state index in [0.717, 1.165) is 30.3 Å². The van der Waals surface area contributed by atoms with E-state index < -0.39 is 11.7 Å². The molecule has 0 bridgehead atoms. The van der Waals surface area contributed by atoms with Crippen molar-refractivity contribution in [2.24, 2.45) is 5.14 Å². The van der Waals surface area contributed by atoms with Crippen molar-refractivity contribution in [2.75, 3.05) is 5.32 Å². The summed E-state index contributed by atoms with van der Waals surface area (Å²) in [6.45, 7) is 0. The number of hydrogen-bond acceptors (Lipinski definition) is 4. The minimum Gasteiger partial charge on any atom is -0.326 e. The highest BCUT2D eigenvalue weighted by Gasteiger charge is 2.31. The number of nitrogens with two attached hydrogens (primary N) is 1. The van der Waals surface area contributed by atoms with Gasteiger partial charge in [-0.1, -0.05) is 29.8 Å². The van der Waals surface area contributed by atoms with Gasteiger partial charge >= 0.3 is 6.18 Å². The van der Waals surface area contributed by atoms with Crippen LogP contribution < -0.4 is 10.5 Å². The second kappa shape index (κ2) is 8.86. The van der Waals surface area contributed by atoms with Crippen LogP contribution in [0.1, 0.15) is 11.1 Å². The first kappa shape index (κ1) is 21.2. The monoisotopic (exact) mass is 437 g/mol. The van der Waals surface area contributed by atoms with Gasteiger partial charge in [-0.25, -0.2) is 0 Å². The predicted molar refractivity (Wildman–Crippen MR) is 109 cm³/mol. The van der Waals surface area contributed by atoms with Crippen LogP contribution in [0.5, 0.6) is 0 Å². The number of carbonyl (C=O) groups is 1. The van der Waals surface area contributed by atoms with E-state index in [1.807, 2.05) is 0 Å². The van der Waals surface area contributed by atoms with Crippen LogP contribution in [0.25, 0.3) is 11.3 Å². The quantitative estimate of drug-likeness (QED) is 0.512. The highest BCUT2D eigenvalue weighted by molar-refractivity contribution is 7.97. The first-order chi connectivity index (χ1) is 13.8. The lowest BCUT2D eigenvalue weighted by Crippen LogP contribution is -2.14. The number of benzene rings is 2. The van der Waals surface area contributed by atoms with E-state index in [2.05, 4.69) is 10.3 Å². The Kier molecular flexibility index (Phi) is 6.46. The predicted octanol–water partition coefficient (Wildman–Crippen LogP) is 5.57. The number of alkyl halides is 3. The van der Waals surface area contributed by atoms with Crippen molar-refractivity contribution in [3.8, 4) is 11.3 Å². The molecule has 1 amide bonds. The Morgan fingerprint density at radius 1 is 1.14 bits per heavy atom. The number of rotatable bonds is 5. The molecule has 3 aromatic rings. The number of pyridine rings is 1. The third kappa shape index (κ3) is 5.29. The van der Waals surface area contributed by atoms with E-state index in [1.54, 1.807) is 42.5 Å². The Labute approximate surface area is 174 Å². The highest BCUT2D eigenvalue weighted by atomic mass is 35.5. The zero-order valence-corrected chi connectivity index (χ0v) is 16.4. The SMILES string of the molecule is NSc1cc(NC(=O)Cc2ccccc2Cl)ccc1-c1cc(C(F)(F)F)ccn1. The summed E-state index contributed by atoms with van der Waals surface area (Å²) in [5.74, 6) is -0.281. The molecule has 3 N–H and O–H groups in total. The maximum absolute atomic E-state index is 13.0. The molecule has 0 radical (unpaired) electrons. The number of anilines is 1. The van der Waals surface area contributed by atoms with E-state index in [4.69, 9.17) is 16.7 Å². The van der Waals surface area contributed by atoms with Gasteiger partial charge in [-0.05, 0) is 53.9 Å². The fourth-order valence-electron chi connectivity index (χ4n) is 2.68. The van der Waals surface area contributed by atoms with Gasteiger partial charge in [0.25, 0.3) is 0 Å². The number of nitrogens with one attached hydrogen (secondary N) is 1. The van der Waals surface area contributed by atoms with E-state index in [9.17, 15) is 18.0 Å². The number of halogens is 4. The molecule has 0 spiro atoms. The van der Waals surface area contributed by atoms with Crippen LogP contribution in [0.3, 0.4) is 0 Å². The van der Waals surface area contributed by atoms with Gasteiger partial charge in [0.2, 0.25) is 5.91 Å². The minimum atomic E-state index is -4.47. The molecule has 1 aromatic heterocycles. The lowest BCUT2D eigenvalue weighted by atomic mass is 10.1. The van der Waals surface area contributed by atoms with Gasteiger partial charge in [0.15, 0.2) is 0 Å². The fourth-order valence-corrected chi connectivity index (χ4v) is 3.38. The van der Waals surface area contributed by atoms with Crippen molar-refractivity contribution in [1.29, 1.82) is 0 Å². The zero-order chi connectivity index (χ0) is 21.0. The standard InChI is InChI=1S/C20H15ClF3N3OS/c21-16-4-2-1-3-12(16)9-19(28)27-14-5-6-15(18(11-14)29-25)17-10-13(7-8-26-17)20(22,23)24/h1-8,10-11H,9,25H2,(H,27,28). The van der Waals surface area contributed by atoms with E-state index in [0.29, 0.717) is 26.7 Å². The molecule has 0 saturated heterocycles. The van der Waals surface area contributed by atoms with Crippen LogP contribution in [-0.4, -0.2) is 10.9 Å². The van der Waals surface area contributed by atoms with Crippen molar-refractivity contribution in [1.82, 2.24) is 4.98 Å². The van der Waals surface area contributed by atoms with Gasteiger partial charge in [-0.3, -0.25) is 14.9 Å². The molecule has 0 aliphatic heterocycles.